The van der Waals surface area contributed by atoms with E-state index in [4.69, 9.17) is 16.0 Å². The number of hydrogen-bond acceptors (Lipinski definition) is 3. The zero-order valence-electron chi connectivity index (χ0n) is 12.4. The standard InChI is InChI=1S/C18H12BrClN2O2/c19-14-3-1-2-13(10-14)18(23)22-21-11-16-8-9-17(24-16)12-4-6-15(20)7-5-12/h1-11H,(H,22,23). The van der Waals surface area contributed by atoms with Gasteiger partial charge in [-0.05, 0) is 54.6 Å². The van der Waals surface area contributed by atoms with Gasteiger partial charge in [0.2, 0.25) is 0 Å². The molecular formula is C18H12BrClN2O2. The van der Waals surface area contributed by atoms with Gasteiger partial charge in [0.1, 0.15) is 11.5 Å². The van der Waals surface area contributed by atoms with Crippen molar-refractivity contribution in [1.29, 1.82) is 0 Å². The zero-order valence-corrected chi connectivity index (χ0v) is 14.7. The third kappa shape index (κ3) is 4.13. The maximum Gasteiger partial charge on any atom is 0.271 e. The van der Waals surface area contributed by atoms with Gasteiger partial charge in [0, 0.05) is 20.6 Å². The lowest BCUT2D eigenvalue weighted by molar-refractivity contribution is 0.0955. The van der Waals surface area contributed by atoms with Crippen LogP contribution in [0, 0.1) is 0 Å². The van der Waals surface area contributed by atoms with Crippen molar-refractivity contribution in [3.8, 4) is 11.3 Å². The van der Waals surface area contributed by atoms with Crippen LogP contribution >= 0.6 is 27.5 Å². The summed E-state index contributed by atoms with van der Waals surface area (Å²) in [5, 5.41) is 4.58. The number of hydrazone groups is 1. The summed E-state index contributed by atoms with van der Waals surface area (Å²) >= 11 is 9.19. The predicted octanol–water partition coefficient (Wildman–Crippen LogP) is 5.13. The van der Waals surface area contributed by atoms with Crippen LogP contribution in [0.1, 0.15) is 16.1 Å². The van der Waals surface area contributed by atoms with Crippen molar-refractivity contribution in [2.75, 3.05) is 0 Å². The molecule has 0 atom stereocenters. The second-order valence-electron chi connectivity index (χ2n) is 4.92. The van der Waals surface area contributed by atoms with Gasteiger partial charge in [-0.2, -0.15) is 5.10 Å². The Balaban J connectivity index is 1.65. The normalized spacial score (nSPS) is 10.9. The molecule has 1 aromatic heterocycles. The first-order valence-corrected chi connectivity index (χ1v) is 8.24. The molecule has 4 nitrogen and oxygen atoms in total. The Morgan fingerprint density at radius 1 is 1.12 bits per heavy atom. The second-order valence-corrected chi connectivity index (χ2v) is 6.27. The summed E-state index contributed by atoms with van der Waals surface area (Å²) < 4.78 is 6.50. The Labute approximate surface area is 152 Å². The van der Waals surface area contributed by atoms with Crippen LogP contribution in [0.25, 0.3) is 11.3 Å². The largest absolute Gasteiger partial charge is 0.455 e. The number of halogens is 2. The summed E-state index contributed by atoms with van der Waals surface area (Å²) in [5.41, 5.74) is 3.89. The number of carbonyl (C=O) groups is 1. The Morgan fingerprint density at radius 2 is 1.92 bits per heavy atom. The van der Waals surface area contributed by atoms with Crippen LogP contribution in [-0.2, 0) is 0 Å². The number of nitrogens with zero attached hydrogens (tertiary/aromatic N) is 1. The Hall–Kier alpha value is -2.37. The molecule has 1 heterocycles. The van der Waals surface area contributed by atoms with Gasteiger partial charge < -0.3 is 4.42 Å². The fraction of sp³-hybridized carbons (Fsp3) is 0. The average molecular weight is 404 g/mol. The fourth-order valence-corrected chi connectivity index (χ4v) is 2.57. The van der Waals surface area contributed by atoms with Crippen molar-refractivity contribution in [3.63, 3.8) is 0 Å². The maximum atomic E-state index is 12.0. The van der Waals surface area contributed by atoms with Crippen molar-refractivity contribution in [3.05, 3.63) is 81.5 Å². The summed E-state index contributed by atoms with van der Waals surface area (Å²) in [6.07, 6.45) is 1.45. The topological polar surface area (TPSA) is 54.6 Å². The highest BCUT2D eigenvalue weighted by Crippen LogP contribution is 2.23. The zero-order chi connectivity index (χ0) is 16.9. The van der Waals surface area contributed by atoms with Gasteiger partial charge in [0.25, 0.3) is 5.91 Å². The van der Waals surface area contributed by atoms with Crippen molar-refractivity contribution in [1.82, 2.24) is 5.43 Å². The number of hydrogen-bond donors (Lipinski definition) is 1. The van der Waals surface area contributed by atoms with Crippen molar-refractivity contribution in [2.45, 2.75) is 0 Å². The lowest BCUT2D eigenvalue weighted by Gasteiger charge is -1.99. The molecule has 0 fully saturated rings. The van der Waals surface area contributed by atoms with E-state index in [0.29, 0.717) is 22.1 Å². The first-order chi connectivity index (χ1) is 11.6. The van der Waals surface area contributed by atoms with Gasteiger partial charge in [0.15, 0.2) is 0 Å². The van der Waals surface area contributed by atoms with Gasteiger partial charge in [-0.15, -0.1) is 0 Å². The van der Waals surface area contributed by atoms with Gasteiger partial charge in [0.05, 0.1) is 6.21 Å². The van der Waals surface area contributed by atoms with E-state index in [9.17, 15) is 4.79 Å². The Morgan fingerprint density at radius 3 is 2.67 bits per heavy atom. The quantitative estimate of drug-likeness (QED) is 0.485. The molecule has 0 aliphatic rings. The summed E-state index contributed by atoms with van der Waals surface area (Å²) in [6, 6.07) is 18.0. The molecule has 6 heteroatoms. The van der Waals surface area contributed by atoms with Crippen LogP contribution < -0.4 is 5.43 Å². The molecule has 0 aliphatic carbocycles. The van der Waals surface area contributed by atoms with E-state index in [2.05, 4.69) is 26.5 Å². The minimum absolute atomic E-state index is 0.294. The van der Waals surface area contributed by atoms with Crippen molar-refractivity contribution < 1.29 is 9.21 Å². The summed E-state index contributed by atoms with van der Waals surface area (Å²) in [4.78, 5) is 12.0. The van der Waals surface area contributed by atoms with E-state index in [1.807, 2.05) is 24.3 Å². The van der Waals surface area contributed by atoms with Gasteiger partial charge in [-0.3, -0.25) is 4.79 Å². The van der Waals surface area contributed by atoms with Crippen LogP contribution in [0.15, 0.2) is 74.7 Å². The van der Waals surface area contributed by atoms with E-state index in [-0.39, 0.29) is 5.91 Å². The number of furan rings is 1. The van der Waals surface area contributed by atoms with Crippen molar-refractivity contribution in [2.24, 2.45) is 5.10 Å². The number of benzene rings is 2. The summed E-state index contributed by atoms with van der Waals surface area (Å²) in [6.45, 7) is 0. The molecule has 1 amide bonds. The van der Waals surface area contributed by atoms with Crippen molar-refractivity contribution >= 4 is 39.7 Å². The molecule has 0 saturated heterocycles. The lowest BCUT2D eigenvalue weighted by Crippen LogP contribution is -2.17. The first kappa shape index (κ1) is 16.5. The minimum atomic E-state index is -0.294. The third-order valence-electron chi connectivity index (χ3n) is 3.20. The summed E-state index contributed by atoms with van der Waals surface area (Å²) in [7, 11) is 0. The molecule has 0 aliphatic heterocycles. The van der Waals surface area contributed by atoms with Gasteiger partial charge >= 0.3 is 0 Å². The van der Waals surface area contributed by atoms with Crippen LogP contribution in [-0.4, -0.2) is 12.1 Å². The molecule has 0 spiro atoms. The monoisotopic (exact) mass is 402 g/mol. The first-order valence-electron chi connectivity index (χ1n) is 7.06. The van der Waals surface area contributed by atoms with Crippen LogP contribution in [0.4, 0.5) is 0 Å². The highest BCUT2D eigenvalue weighted by molar-refractivity contribution is 9.10. The molecule has 3 aromatic rings. The molecular weight excluding hydrogens is 392 g/mol. The third-order valence-corrected chi connectivity index (χ3v) is 3.95. The molecule has 2 aromatic carbocycles. The summed E-state index contributed by atoms with van der Waals surface area (Å²) in [5.74, 6) is 0.943. The van der Waals surface area contributed by atoms with E-state index in [1.165, 1.54) is 6.21 Å². The number of carbonyl (C=O) groups excluding carboxylic acids is 1. The predicted molar refractivity (Wildman–Crippen MR) is 98.4 cm³/mol. The SMILES string of the molecule is O=C(NN=Cc1ccc(-c2ccc(Cl)cc2)o1)c1cccc(Br)c1. The Kier molecular flexibility index (Phi) is 5.13. The molecule has 0 saturated carbocycles. The van der Waals surface area contributed by atoms with E-state index < -0.39 is 0 Å². The molecule has 120 valence electrons. The molecule has 1 N–H and O–H groups in total. The minimum Gasteiger partial charge on any atom is -0.455 e. The number of nitrogens with one attached hydrogen (secondary N) is 1. The maximum absolute atomic E-state index is 12.0. The van der Waals surface area contributed by atoms with Gasteiger partial charge in [-0.1, -0.05) is 33.6 Å². The molecule has 0 bridgehead atoms. The fourth-order valence-electron chi connectivity index (χ4n) is 2.04. The van der Waals surface area contributed by atoms with Crippen LogP contribution in [0.5, 0.6) is 0 Å². The number of amides is 1. The highest BCUT2D eigenvalue weighted by atomic mass is 79.9. The van der Waals surface area contributed by atoms with Crippen LogP contribution in [0.3, 0.4) is 0 Å². The smallest absolute Gasteiger partial charge is 0.271 e. The molecule has 24 heavy (non-hydrogen) atoms. The van der Waals surface area contributed by atoms with Crippen LogP contribution in [0.2, 0.25) is 5.02 Å². The molecule has 3 rings (SSSR count). The second kappa shape index (κ2) is 7.47. The van der Waals surface area contributed by atoms with E-state index in [1.54, 1.807) is 36.4 Å². The number of rotatable bonds is 4. The Bertz CT molecular complexity index is 888. The molecule has 0 unspecified atom stereocenters. The van der Waals surface area contributed by atoms with E-state index >= 15 is 0 Å². The average Bonchev–Trinajstić information content (AvgIpc) is 3.04. The van der Waals surface area contributed by atoms with E-state index in [0.717, 1.165) is 10.0 Å². The highest BCUT2D eigenvalue weighted by Gasteiger charge is 2.05. The molecule has 0 radical (unpaired) electrons. The van der Waals surface area contributed by atoms with Gasteiger partial charge in [-0.25, -0.2) is 5.43 Å². The lowest BCUT2D eigenvalue weighted by atomic mass is 10.2.